The van der Waals surface area contributed by atoms with Gasteiger partial charge in [0, 0.05) is 31.2 Å². The summed E-state index contributed by atoms with van der Waals surface area (Å²) in [5.74, 6) is -0.188. The second-order valence-electron chi connectivity index (χ2n) is 9.78. The minimum atomic E-state index is -3.69. The molecule has 3 heterocycles. The van der Waals surface area contributed by atoms with Crippen molar-refractivity contribution in [2.24, 2.45) is 11.8 Å². The van der Waals surface area contributed by atoms with Gasteiger partial charge in [0.05, 0.1) is 10.4 Å². The molecule has 2 saturated heterocycles. The van der Waals surface area contributed by atoms with Crippen molar-refractivity contribution in [2.45, 2.75) is 76.9 Å². The lowest BCUT2D eigenvalue weighted by molar-refractivity contribution is -0.137. The molecule has 0 radical (unpaired) electrons. The number of fused-ring (bicyclic) bond motifs is 1. The van der Waals surface area contributed by atoms with E-state index in [1.54, 1.807) is 6.07 Å². The number of carbonyl (C=O) groups is 1. The number of piperidine rings is 2. The van der Waals surface area contributed by atoms with Crippen LogP contribution in [-0.4, -0.2) is 53.3 Å². The van der Waals surface area contributed by atoms with Crippen LogP contribution in [0.3, 0.4) is 0 Å². The SMILES string of the molecule is C[C@@H]1C[C@H](C)CN(S(=O)(=O)c2ccc3c(c2)oc(=O)n3CC(=O)N2[C@@H](C)CCC[C@@H]2C)C1. The first-order valence-electron chi connectivity index (χ1n) is 11.5. The second-order valence-corrected chi connectivity index (χ2v) is 11.7. The number of hydrogen-bond donors (Lipinski definition) is 0. The highest BCUT2D eigenvalue weighted by molar-refractivity contribution is 7.89. The second kappa shape index (κ2) is 8.67. The molecule has 0 unspecified atom stereocenters. The molecule has 2 aliphatic heterocycles. The van der Waals surface area contributed by atoms with Crippen LogP contribution in [0.4, 0.5) is 0 Å². The summed E-state index contributed by atoms with van der Waals surface area (Å²) in [5.41, 5.74) is 0.613. The summed E-state index contributed by atoms with van der Waals surface area (Å²) in [6, 6.07) is 4.74. The van der Waals surface area contributed by atoms with E-state index >= 15 is 0 Å². The minimum absolute atomic E-state index is 0.108. The van der Waals surface area contributed by atoms with Gasteiger partial charge in [-0.05, 0) is 63.5 Å². The zero-order chi connectivity index (χ0) is 23.2. The molecule has 8 nitrogen and oxygen atoms in total. The Labute approximate surface area is 189 Å². The molecular formula is C23H33N3O5S. The van der Waals surface area contributed by atoms with Crippen LogP contribution in [0.1, 0.15) is 53.4 Å². The summed E-state index contributed by atoms with van der Waals surface area (Å²) in [6.07, 6.45) is 4.00. The summed E-state index contributed by atoms with van der Waals surface area (Å²) < 4.78 is 34.6. The van der Waals surface area contributed by atoms with E-state index in [2.05, 4.69) is 13.8 Å². The quantitative estimate of drug-likeness (QED) is 0.695. The molecule has 1 aromatic carbocycles. The number of benzene rings is 1. The Morgan fingerprint density at radius 2 is 1.69 bits per heavy atom. The average molecular weight is 464 g/mol. The molecule has 9 heteroatoms. The van der Waals surface area contributed by atoms with E-state index in [0.717, 1.165) is 25.7 Å². The third kappa shape index (κ3) is 4.24. The van der Waals surface area contributed by atoms with Gasteiger partial charge in [0.1, 0.15) is 6.54 Å². The van der Waals surface area contributed by atoms with E-state index in [9.17, 15) is 18.0 Å². The van der Waals surface area contributed by atoms with Gasteiger partial charge in [-0.2, -0.15) is 4.31 Å². The maximum atomic E-state index is 13.2. The Hall–Kier alpha value is -2.13. The molecule has 2 fully saturated rings. The zero-order valence-corrected chi connectivity index (χ0v) is 20.1. The van der Waals surface area contributed by atoms with Crippen LogP contribution >= 0.6 is 0 Å². The van der Waals surface area contributed by atoms with Crippen LogP contribution in [0.15, 0.2) is 32.3 Å². The van der Waals surface area contributed by atoms with E-state index < -0.39 is 15.8 Å². The Morgan fingerprint density at radius 3 is 2.31 bits per heavy atom. The van der Waals surface area contributed by atoms with E-state index in [1.165, 1.54) is 21.0 Å². The number of aromatic nitrogens is 1. The molecule has 0 saturated carbocycles. The van der Waals surface area contributed by atoms with Crippen LogP contribution < -0.4 is 5.76 Å². The van der Waals surface area contributed by atoms with Crippen LogP contribution in [0.5, 0.6) is 0 Å². The summed E-state index contributed by atoms with van der Waals surface area (Å²) in [5, 5.41) is 0. The highest BCUT2D eigenvalue weighted by atomic mass is 32.2. The smallest absolute Gasteiger partial charge is 0.408 e. The lowest BCUT2D eigenvalue weighted by Gasteiger charge is -2.39. The predicted molar refractivity (Wildman–Crippen MR) is 122 cm³/mol. The van der Waals surface area contributed by atoms with Crippen LogP contribution in [-0.2, 0) is 21.4 Å². The third-order valence-corrected chi connectivity index (χ3v) is 8.72. The molecule has 32 heavy (non-hydrogen) atoms. The fourth-order valence-corrected chi connectivity index (χ4v) is 7.13. The van der Waals surface area contributed by atoms with Crippen molar-refractivity contribution < 1.29 is 17.6 Å². The number of amides is 1. The molecule has 4 rings (SSSR count). The normalized spacial score (nSPS) is 27.7. The van der Waals surface area contributed by atoms with Gasteiger partial charge >= 0.3 is 5.76 Å². The van der Waals surface area contributed by atoms with Crippen molar-refractivity contribution in [3.8, 4) is 0 Å². The van der Waals surface area contributed by atoms with Gasteiger partial charge in [-0.15, -0.1) is 0 Å². The van der Waals surface area contributed by atoms with Crippen LogP contribution in [0.25, 0.3) is 11.1 Å². The minimum Gasteiger partial charge on any atom is -0.408 e. The predicted octanol–water partition coefficient (Wildman–Crippen LogP) is 3.05. The van der Waals surface area contributed by atoms with Gasteiger partial charge < -0.3 is 9.32 Å². The zero-order valence-electron chi connectivity index (χ0n) is 19.3. The Balaban J connectivity index is 1.62. The first kappa shape index (κ1) is 23.0. The van der Waals surface area contributed by atoms with Gasteiger partial charge in [-0.3, -0.25) is 9.36 Å². The van der Waals surface area contributed by atoms with Gasteiger partial charge in [-0.1, -0.05) is 13.8 Å². The average Bonchev–Trinajstić information content (AvgIpc) is 3.01. The van der Waals surface area contributed by atoms with Crippen LogP contribution in [0, 0.1) is 11.8 Å². The molecule has 1 amide bonds. The van der Waals surface area contributed by atoms with E-state index in [4.69, 9.17) is 4.42 Å². The van der Waals surface area contributed by atoms with Gasteiger partial charge in [0.15, 0.2) is 5.58 Å². The number of sulfonamides is 1. The topological polar surface area (TPSA) is 92.8 Å². The highest BCUT2D eigenvalue weighted by Crippen LogP contribution is 2.28. The molecule has 0 N–H and O–H groups in total. The maximum Gasteiger partial charge on any atom is 0.420 e. The first-order chi connectivity index (χ1) is 15.1. The molecule has 2 aliphatic rings. The first-order valence-corrected chi connectivity index (χ1v) is 13.0. The largest absolute Gasteiger partial charge is 0.420 e. The number of nitrogens with zero attached hydrogens (tertiary/aromatic N) is 3. The van der Waals surface area contributed by atoms with E-state index in [0.29, 0.717) is 30.4 Å². The number of rotatable bonds is 4. The number of carbonyl (C=O) groups excluding carboxylic acids is 1. The van der Waals surface area contributed by atoms with E-state index in [-0.39, 0.29) is 35.0 Å². The van der Waals surface area contributed by atoms with Crippen molar-refractivity contribution in [3.63, 3.8) is 0 Å². The molecule has 0 aliphatic carbocycles. The third-order valence-electron chi connectivity index (χ3n) is 6.89. The van der Waals surface area contributed by atoms with Gasteiger partial charge in [0.25, 0.3) is 0 Å². The molecular weight excluding hydrogens is 430 g/mol. The molecule has 4 atom stereocenters. The van der Waals surface area contributed by atoms with E-state index in [1.807, 2.05) is 18.7 Å². The number of hydrogen-bond acceptors (Lipinski definition) is 5. The summed E-state index contributed by atoms with van der Waals surface area (Å²) >= 11 is 0. The number of oxazole rings is 1. The molecule has 0 bridgehead atoms. The standard InChI is InChI=1S/C23H33N3O5S/c1-15-10-16(2)13-24(12-15)32(29,30)19-8-9-20-21(11-19)31-23(28)25(20)14-22(27)26-17(3)6-5-7-18(26)4/h8-9,11,15-18H,5-7,10,12-14H2,1-4H3/t15-,16+,17-,18-/m0/s1. The lowest BCUT2D eigenvalue weighted by atomic mass is 9.94. The van der Waals surface area contributed by atoms with Crippen molar-refractivity contribution in [1.29, 1.82) is 0 Å². The number of likely N-dealkylation sites (tertiary alicyclic amines) is 1. The van der Waals surface area contributed by atoms with Gasteiger partial charge in [-0.25, -0.2) is 13.2 Å². The fraction of sp³-hybridized carbons (Fsp3) is 0.652. The van der Waals surface area contributed by atoms with Crippen molar-refractivity contribution in [1.82, 2.24) is 13.8 Å². The monoisotopic (exact) mass is 463 g/mol. The molecule has 1 aromatic heterocycles. The van der Waals surface area contributed by atoms with Crippen LogP contribution in [0.2, 0.25) is 0 Å². The Bertz CT molecular complexity index is 1150. The van der Waals surface area contributed by atoms with Crippen molar-refractivity contribution in [3.05, 3.63) is 28.7 Å². The summed E-state index contributed by atoms with van der Waals surface area (Å²) in [6.45, 7) is 9.02. The highest BCUT2D eigenvalue weighted by Gasteiger charge is 2.33. The summed E-state index contributed by atoms with van der Waals surface area (Å²) in [7, 11) is -3.69. The lowest BCUT2D eigenvalue weighted by Crippen LogP contribution is -2.49. The van der Waals surface area contributed by atoms with Crippen molar-refractivity contribution >= 4 is 27.0 Å². The van der Waals surface area contributed by atoms with Gasteiger partial charge in [0.2, 0.25) is 15.9 Å². The fourth-order valence-electron chi connectivity index (χ4n) is 5.44. The molecule has 0 spiro atoms. The molecule has 176 valence electrons. The van der Waals surface area contributed by atoms with Crippen molar-refractivity contribution in [2.75, 3.05) is 13.1 Å². The maximum absolute atomic E-state index is 13.2. The summed E-state index contributed by atoms with van der Waals surface area (Å²) in [4.78, 5) is 27.5. The molecule has 2 aromatic rings. The Kier molecular flexibility index (Phi) is 6.24. The Morgan fingerprint density at radius 1 is 1.06 bits per heavy atom.